The highest BCUT2D eigenvalue weighted by Crippen LogP contribution is 2.26. The summed E-state index contributed by atoms with van der Waals surface area (Å²) in [5.74, 6) is -2.84. The molecule has 0 bridgehead atoms. The zero-order chi connectivity index (χ0) is 21.2. The van der Waals surface area contributed by atoms with Crippen molar-refractivity contribution in [3.05, 3.63) is 71.3 Å². The molecule has 0 aliphatic rings. The summed E-state index contributed by atoms with van der Waals surface area (Å²) in [7, 11) is 0. The van der Waals surface area contributed by atoms with E-state index in [9.17, 15) is 18.4 Å². The first-order valence-corrected chi connectivity index (χ1v) is 8.98. The molecule has 0 saturated carbocycles. The Morgan fingerprint density at radius 3 is 2.38 bits per heavy atom. The van der Waals surface area contributed by atoms with E-state index in [0.29, 0.717) is 0 Å². The second-order valence-corrected chi connectivity index (χ2v) is 6.41. The lowest BCUT2D eigenvalue weighted by atomic mass is 9.92. The molecule has 2 aromatic rings. The molecule has 0 aliphatic carbocycles. The molecule has 0 radical (unpaired) electrons. The molecular weight excluding hydrogens is 380 g/mol. The van der Waals surface area contributed by atoms with Crippen molar-refractivity contribution in [1.82, 2.24) is 10.6 Å². The first-order valence-electron chi connectivity index (χ1n) is 8.98. The third-order valence-electron chi connectivity index (χ3n) is 4.24. The van der Waals surface area contributed by atoms with Crippen LogP contribution in [0.15, 0.2) is 48.5 Å². The minimum absolute atomic E-state index is 0.00327. The summed E-state index contributed by atoms with van der Waals surface area (Å²) in [5.41, 5.74) is 0.583. The van der Waals surface area contributed by atoms with Crippen molar-refractivity contribution >= 4 is 12.0 Å². The van der Waals surface area contributed by atoms with Crippen molar-refractivity contribution in [2.75, 3.05) is 6.54 Å². The topological polar surface area (TPSA) is 91.2 Å². The van der Waals surface area contributed by atoms with E-state index in [-0.39, 0.29) is 25.1 Å². The normalized spacial score (nSPS) is 12.3. The predicted molar refractivity (Wildman–Crippen MR) is 102 cm³/mol. The van der Waals surface area contributed by atoms with Gasteiger partial charge >= 0.3 is 6.09 Å². The van der Waals surface area contributed by atoms with Gasteiger partial charge in [-0.1, -0.05) is 43.3 Å². The molecule has 152 valence electrons. The molecule has 2 rings (SSSR count). The summed E-state index contributed by atoms with van der Waals surface area (Å²) in [6.07, 6.45) is -0.942. The van der Waals surface area contributed by atoms with Gasteiger partial charge in [-0.2, -0.15) is 5.26 Å². The fraction of sp³-hybridized carbons (Fsp3) is 0.286. The van der Waals surface area contributed by atoms with Crippen LogP contribution in [-0.2, 0) is 16.1 Å². The number of nitrogens with zero attached hydrogens (tertiary/aromatic N) is 1. The number of benzene rings is 2. The zero-order valence-electron chi connectivity index (χ0n) is 15.8. The summed E-state index contributed by atoms with van der Waals surface area (Å²) in [5, 5.41) is 13.4. The van der Waals surface area contributed by atoms with E-state index in [1.165, 1.54) is 6.07 Å². The molecule has 0 fully saturated rings. The van der Waals surface area contributed by atoms with Gasteiger partial charge in [-0.15, -0.1) is 0 Å². The van der Waals surface area contributed by atoms with Crippen molar-refractivity contribution in [2.24, 2.45) is 0 Å². The van der Waals surface area contributed by atoms with Gasteiger partial charge in [0.15, 0.2) is 0 Å². The Hall–Kier alpha value is -3.47. The number of alkyl carbamates (subject to hydrolysis) is 1. The maximum Gasteiger partial charge on any atom is 0.408 e. The second kappa shape index (κ2) is 10.8. The van der Waals surface area contributed by atoms with Gasteiger partial charge in [0.2, 0.25) is 5.91 Å². The molecule has 6 nitrogen and oxygen atoms in total. The Bertz CT molecular complexity index is 864. The van der Waals surface area contributed by atoms with Crippen LogP contribution in [0.1, 0.15) is 30.4 Å². The number of nitriles is 1. The largest absolute Gasteiger partial charge is 0.445 e. The third-order valence-corrected chi connectivity index (χ3v) is 4.24. The Morgan fingerprint density at radius 1 is 1.10 bits per heavy atom. The molecule has 0 aliphatic heterocycles. The van der Waals surface area contributed by atoms with Gasteiger partial charge in [-0.25, -0.2) is 13.6 Å². The Morgan fingerprint density at radius 2 is 1.76 bits per heavy atom. The van der Waals surface area contributed by atoms with Crippen LogP contribution in [0.25, 0.3) is 0 Å². The number of carbonyl (C=O) groups excluding carboxylic acids is 2. The van der Waals surface area contributed by atoms with E-state index < -0.39 is 35.6 Å². The van der Waals surface area contributed by atoms with Gasteiger partial charge in [0, 0.05) is 5.56 Å². The number of hydrogen-bond acceptors (Lipinski definition) is 4. The van der Waals surface area contributed by atoms with Gasteiger partial charge in [-0.05, 0) is 30.0 Å². The lowest BCUT2D eigenvalue weighted by Crippen LogP contribution is -2.47. The van der Waals surface area contributed by atoms with Gasteiger partial charge in [0.05, 0.1) is 6.07 Å². The molecule has 2 amide bonds. The Labute approximate surface area is 167 Å². The Balaban J connectivity index is 2.07. The lowest BCUT2D eigenvalue weighted by Gasteiger charge is -2.22. The molecule has 29 heavy (non-hydrogen) atoms. The lowest BCUT2D eigenvalue weighted by molar-refractivity contribution is -0.123. The van der Waals surface area contributed by atoms with Crippen LogP contribution in [0.3, 0.4) is 0 Å². The highest BCUT2D eigenvalue weighted by atomic mass is 19.1. The number of amides is 2. The third kappa shape index (κ3) is 6.57. The fourth-order valence-corrected chi connectivity index (χ4v) is 2.84. The number of hydrogen-bond donors (Lipinski definition) is 2. The van der Waals surface area contributed by atoms with Gasteiger partial charge in [-0.3, -0.25) is 4.79 Å². The van der Waals surface area contributed by atoms with Crippen LogP contribution < -0.4 is 10.6 Å². The average Bonchev–Trinajstić information content (AvgIpc) is 2.70. The Kier molecular flexibility index (Phi) is 8.10. The minimum Gasteiger partial charge on any atom is -0.445 e. The first-order chi connectivity index (χ1) is 13.9. The maximum atomic E-state index is 14.0. The highest BCUT2D eigenvalue weighted by molar-refractivity contribution is 5.85. The standard InChI is InChI=1S/C21H21F2N3O3/c1-14(19-16(22)8-5-9-17(19)23)12-18(20(27)25-11-10-24)26-21(28)29-13-15-6-3-2-4-7-15/h2-9,14,18H,11-13H2,1H3,(H,25,27)(H,26,28)/t14-,18-/m0/s1. The predicted octanol–water partition coefficient (Wildman–Crippen LogP) is 3.39. The number of halogens is 2. The SMILES string of the molecule is C[C@@H](C[C@H](NC(=O)OCc1ccccc1)C(=O)NCC#N)c1c(F)cccc1F. The van der Waals surface area contributed by atoms with Gasteiger partial charge in [0.1, 0.15) is 30.8 Å². The van der Waals surface area contributed by atoms with Gasteiger partial charge in [0.25, 0.3) is 0 Å². The molecule has 8 heteroatoms. The summed E-state index contributed by atoms with van der Waals surface area (Å²) in [6.45, 7) is 1.28. The first kappa shape index (κ1) is 21.8. The highest BCUT2D eigenvalue weighted by Gasteiger charge is 2.26. The zero-order valence-corrected chi connectivity index (χ0v) is 15.8. The van der Waals surface area contributed by atoms with Gasteiger partial charge < -0.3 is 15.4 Å². The van der Waals surface area contributed by atoms with Crippen molar-refractivity contribution in [2.45, 2.75) is 31.9 Å². The summed E-state index contributed by atoms with van der Waals surface area (Å²) in [4.78, 5) is 24.5. The number of rotatable bonds is 8. The summed E-state index contributed by atoms with van der Waals surface area (Å²) < 4.78 is 33.2. The quantitative estimate of drug-likeness (QED) is 0.664. The van der Waals surface area contributed by atoms with Crippen LogP contribution in [0.5, 0.6) is 0 Å². The van der Waals surface area contributed by atoms with E-state index in [4.69, 9.17) is 10.00 Å². The fourth-order valence-electron chi connectivity index (χ4n) is 2.84. The smallest absolute Gasteiger partial charge is 0.408 e. The van der Waals surface area contributed by atoms with Crippen LogP contribution in [-0.4, -0.2) is 24.6 Å². The molecule has 0 unspecified atom stereocenters. The number of ether oxygens (including phenoxy) is 1. The molecular formula is C21H21F2N3O3. The van der Waals surface area contributed by atoms with E-state index in [0.717, 1.165) is 17.7 Å². The number of carbonyl (C=O) groups is 2. The monoisotopic (exact) mass is 401 g/mol. The molecule has 2 atom stereocenters. The van der Waals surface area contributed by atoms with E-state index in [1.54, 1.807) is 37.3 Å². The van der Waals surface area contributed by atoms with Crippen LogP contribution in [0, 0.1) is 23.0 Å². The molecule has 0 heterocycles. The van der Waals surface area contributed by atoms with E-state index in [2.05, 4.69) is 10.6 Å². The molecule has 0 aromatic heterocycles. The molecule has 0 spiro atoms. The van der Waals surface area contributed by atoms with E-state index >= 15 is 0 Å². The molecule has 2 N–H and O–H groups in total. The van der Waals surface area contributed by atoms with Crippen molar-refractivity contribution in [3.63, 3.8) is 0 Å². The van der Waals surface area contributed by atoms with E-state index in [1.807, 2.05) is 6.07 Å². The van der Waals surface area contributed by atoms with Crippen LogP contribution >= 0.6 is 0 Å². The summed E-state index contributed by atoms with van der Waals surface area (Å²) in [6, 6.07) is 13.1. The van der Waals surface area contributed by atoms with Crippen LogP contribution in [0.4, 0.5) is 13.6 Å². The summed E-state index contributed by atoms with van der Waals surface area (Å²) >= 11 is 0. The minimum atomic E-state index is -1.14. The maximum absolute atomic E-state index is 14.0. The van der Waals surface area contributed by atoms with Crippen LogP contribution in [0.2, 0.25) is 0 Å². The molecule has 0 saturated heterocycles. The average molecular weight is 401 g/mol. The van der Waals surface area contributed by atoms with Crippen molar-refractivity contribution in [3.8, 4) is 6.07 Å². The van der Waals surface area contributed by atoms with Crippen molar-refractivity contribution < 1.29 is 23.1 Å². The number of nitrogens with one attached hydrogen (secondary N) is 2. The van der Waals surface area contributed by atoms with Crippen molar-refractivity contribution in [1.29, 1.82) is 5.26 Å². The second-order valence-electron chi connectivity index (χ2n) is 6.41. The molecule has 2 aromatic carbocycles.